The van der Waals surface area contributed by atoms with Gasteiger partial charge in [-0.25, -0.2) is 9.97 Å². The first-order valence-electron chi connectivity index (χ1n) is 7.34. The molecule has 0 amide bonds. The summed E-state index contributed by atoms with van der Waals surface area (Å²) in [6.45, 7) is 5.84. The maximum absolute atomic E-state index is 5.13. The van der Waals surface area contributed by atoms with Crippen molar-refractivity contribution in [3.8, 4) is 0 Å². The standard InChI is InChI=1S/C15H26N4O/c1-12-10-14(19(3)8-9-20-4)17-15(16-12)13-6-5-7-18(2)11-13/h10,13H,5-9,11H2,1-4H3/t13-/m0/s1. The molecule has 5 heteroatoms. The monoisotopic (exact) mass is 278 g/mol. The summed E-state index contributed by atoms with van der Waals surface area (Å²) in [6, 6.07) is 2.05. The molecule has 112 valence electrons. The Labute approximate surface area is 122 Å². The number of piperidine rings is 1. The normalized spacial score (nSPS) is 20.1. The molecule has 1 fully saturated rings. The van der Waals surface area contributed by atoms with E-state index in [2.05, 4.69) is 28.9 Å². The predicted molar refractivity (Wildman–Crippen MR) is 81.4 cm³/mol. The molecule has 2 rings (SSSR count). The van der Waals surface area contributed by atoms with Crippen molar-refractivity contribution in [3.63, 3.8) is 0 Å². The molecule has 5 nitrogen and oxygen atoms in total. The highest BCUT2D eigenvalue weighted by Gasteiger charge is 2.22. The van der Waals surface area contributed by atoms with Crippen LogP contribution in [0, 0.1) is 6.92 Å². The van der Waals surface area contributed by atoms with E-state index in [1.807, 2.05) is 13.0 Å². The van der Waals surface area contributed by atoms with Gasteiger partial charge in [-0.05, 0) is 33.4 Å². The van der Waals surface area contributed by atoms with Crippen LogP contribution in [0.1, 0.15) is 30.3 Å². The number of rotatable bonds is 5. The number of ether oxygens (including phenoxy) is 1. The van der Waals surface area contributed by atoms with E-state index in [0.717, 1.165) is 30.4 Å². The second-order valence-corrected chi connectivity index (χ2v) is 5.74. The number of methoxy groups -OCH3 is 1. The lowest BCUT2D eigenvalue weighted by Gasteiger charge is -2.29. The second kappa shape index (κ2) is 6.99. The summed E-state index contributed by atoms with van der Waals surface area (Å²) in [4.78, 5) is 13.9. The zero-order chi connectivity index (χ0) is 14.5. The maximum Gasteiger partial charge on any atom is 0.135 e. The van der Waals surface area contributed by atoms with E-state index >= 15 is 0 Å². The molecule has 1 saturated heterocycles. The Kier molecular flexibility index (Phi) is 5.31. The molecule has 1 aliphatic heterocycles. The molecule has 0 aliphatic carbocycles. The number of hydrogen-bond donors (Lipinski definition) is 0. The van der Waals surface area contributed by atoms with E-state index in [0.29, 0.717) is 12.5 Å². The molecule has 1 aromatic rings. The largest absolute Gasteiger partial charge is 0.383 e. The van der Waals surface area contributed by atoms with Crippen molar-refractivity contribution >= 4 is 5.82 Å². The third-order valence-corrected chi connectivity index (χ3v) is 3.87. The van der Waals surface area contributed by atoms with Gasteiger partial charge in [0.2, 0.25) is 0 Å². The molecule has 1 aromatic heterocycles. The average Bonchev–Trinajstić information content (AvgIpc) is 2.44. The van der Waals surface area contributed by atoms with Crippen molar-refractivity contribution in [3.05, 3.63) is 17.6 Å². The van der Waals surface area contributed by atoms with E-state index in [1.165, 1.54) is 19.4 Å². The van der Waals surface area contributed by atoms with Gasteiger partial charge in [0.15, 0.2) is 0 Å². The van der Waals surface area contributed by atoms with Crippen LogP contribution >= 0.6 is 0 Å². The number of nitrogens with zero attached hydrogens (tertiary/aromatic N) is 4. The molecular formula is C15H26N4O. The smallest absolute Gasteiger partial charge is 0.135 e. The number of aromatic nitrogens is 2. The third kappa shape index (κ3) is 3.90. The predicted octanol–water partition coefficient (Wildman–Crippen LogP) is 1.68. The summed E-state index contributed by atoms with van der Waals surface area (Å²) in [5, 5.41) is 0. The van der Waals surface area contributed by atoms with Crippen LogP contribution in [-0.4, -0.2) is 62.3 Å². The zero-order valence-corrected chi connectivity index (χ0v) is 13.1. The van der Waals surface area contributed by atoms with Crippen LogP contribution in [0.2, 0.25) is 0 Å². The van der Waals surface area contributed by atoms with Crippen LogP contribution in [-0.2, 0) is 4.74 Å². The summed E-state index contributed by atoms with van der Waals surface area (Å²) in [7, 11) is 5.95. The minimum atomic E-state index is 0.461. The Morgan fingerprint density at radius 1 is 1.45 bits per heavy atom. The molecule has 0 radical (unpaired) electrons. The van der Waals surface area contributed by atoms with Crippen LogP contribution in [0.3, 0.4) is 0 Å². The number of likely N-dealkylation sites (N-methyl/N-ethyl adjacent to an activating group) is 2. The molecule has 1 atom stereocenters. The van der Waals surface area contributed by atoms with Gasteiger partial charge in [-0.15, -0.1) is 0 Å². The summed E-state index contributed by atoms with van der Waals surface area (Å²) in [5.41, 5.74) is 1.04. The van der Waals surface area contributed by atoms with Crippen molar-refractivity contribution in [2.24, 2.45) is 0 Å². The Bertz CT molecular complexity index is 438. The van der Waals surface area contributed by atoms with Crippen LogP contribution in [0.5, 0.6) is 0 Å². The molecule has 0 saturated carbocycles. The lowest BCUT2D eigenvalue weighted by molar-refractivity contribution is 0.206. The fourth-order valence-electron chi connectivity index (χ4n) is 2.67. The Morgan fingerprint density at radius 3 is 2.95 bits per heavy atom. The van der Waals surface area contributed by atoms with Gasteiger partial charge in [-0.2, -0.15) is 0 Å². The fourth-order valence-corrected chi connectivity index (χ4v) is 2.67. The molecular weight excluding hydrogens is 252 g/mol. The highest BCUT2D eigenvalue weighted by Crippen LogP contribution is 2.25. The highest BCUT2D eigenvalue weighted by atomic mass is 16.5. The molecule has 0 aromatic carbocycles. The van der Waals surface area contributed by atoms with Gasteiger partial charge >= 0.3 is 0 Å². The van der Waals surface area contributed by atoms with Crippen molar-refractivity contribution in [1.82, 2.24) is 14.9 Å². The first-order valence-corrected chi connectivity index (χ1v) is 7.34. The van der Waals surface area contributed by atoms with Crippen molar-refractivity contribution in [2.45, 2.75) is 25.7 Å². The first-order chi connectivity index (χ1) is 9.60. The second-order valence-electron chi connectivity index (χ2n) is 5.74. The Hall–Kier alpha value is -1.20. The minimum Gasteiger partial charge on any atom is -0.383 e. The van der Waals surface area contributed by atoms with Crippen LogP contribution < -0.4 is 4.90 Å². The van der Waals surface area contributed by atoms with Gasteiger partial charge in [-0.3, -0.25) is 0 Å². The topological polar surface area (TPSA) is 41.5 Å². The molecule has 0 spiro atoms. The van der Waals surface area contributed by atoms with Crippen LogP contribution in [0.25, 0.3) is 0 Å². The summed E-state index contributed by atoms with van der Waals surface area (Å²) < 4.78 is 5.13. The number of anilines is 1. The summed E-state index contributed by atoms with van der Waals surface area (Å²) in [6.07, 6.45) is 2.42. The van der Waals surface area contributed by atoms with E-state index in [1.54, 1.807) is 7.11 Å². The van der Waals surface area contributed by atoms with Crippen LogP contribution in [0.15, 0.2) is 6.07 Å². The molecule has 0 unspecified atom stereocenters. The fraction of sp³-hybridized carbons (Fsp3) is 0.733. The van der Waals surface area contributed by atoms with E-state index in [9.17, 15) is 0 Å². The first kappa shape index (κ1) is 15.2. The van der Waals surface area contributed by atoms with Crippen molar-refractivity contribution in [2.75, 3.05) is 52.3 Å². The SMILES string of the molecule is COCCN(C)c1cc(C)nc([C@H]2CCCN(C)C2)n1. The van der Waals surface area contributed by atoms with Crippen molar-refractivity contribution in [1.29, 1.82) is 0 Å². The molecule has 0 bridgehead atoms. The Balaban J connectivity index is 2.15. The zero-order valence-electron chi connectivity index (χ0n) is 13.1. The minimum absolute atomic E-state index is 0.461. The highest BCUT2D eigenvalue weighted by molar-refractivity contribution is 5.39. The van der Waals surface area contributed by atoms with Gasteiger partial charge in [0.1, 0.15) is 11.6 Å². The van der Waals surface area contributed by atoms with Crippen LogP contribution in [0.4, 0.5) is 5.82 Å². The number of likely N-dealkylation sites (tertiary alicyclic amines) is 1. The van der Waals surface area contributed by atoms with Gasteiger partial charge < -0.3 is 14.5 Å². The lowest BCUT2D eigenvalue weighted by Crippen LogP contribution is -2.32. The van der Waals surface area contributed by atoms with Crippen molar-refractivity contribution < 1.29 is 4.74 Å². The Morgan fingerprint density at radius 2 is 2.25 bits per heavy atom. The van der Waals surface area contributed by atoms with E-state index < -0.39 is 0 Å². The molecule has 0 N–H and O–H groups in total. The van der Waals surface area contributed by atoms with Gasteiger partial charge in [0.25, 0.3) is 0 Å². The van der Waals surface area contributed by atoms with Gasteiger partial charge in [0, 0.05) is 44.9 Å². The number of aryl methyl sites for hydroxylation is 1. The average molecular weight is 278 g/mol. The third-order valence-electron chi connectivity index (χ3n) is 3.87. The lowest BCUT2D eigenvalue weighted by atomic mass is 9.97. The number of hydrogen-bond acceptors (Lipinski definition) is 5. The van der Waals surface area contributed by atoms with E-state index in [-0.39, 0.29) is 0 Å². The summed E-state index contributed by atoms with van der Waals surface area (Å²) in [5.74, 6) is 2.46. The van der Waals surface area contributed by atoms with Gasteiger partial charge in [0.05, 0.1) is 6.61 Å². The maximum atomic E-state index is 5.13. The van der Waals surface area contributed by atoms with E-state index in [4.69, 9.17) is 9.72 Å². The van der Waals surface area contributed by atoms with Gasteiger partial charge in [-0.1, -0.05) is 0 Å². The quantitative estimate of drug-likeness (QED) is 0.819. The molecule has 20 heavy (non-hydrogen) atoms. The summed E-state index contributed by atoms with van der Waals surface area (Å²) >= 11 is 0. The molecule has 1 aliphatic rings. The molecule has 2 heterocycles.